The summed E-state index contributed by atoms with van der Waals surface area (Å²) in [4.78, 5) is 23.2. The average Bonchev–Trinajstić information content (AvgIpc) is 3.12. The van der Waals surface area contributed by atoms with Crippen LogP contribution in [0.2, 0.25) is 5.02 Å². The summed E-state index contributed by atoms with van der Waals surface area (Å²) in [6, 6.07) is 5.58. The van der Waals surface area contributed by atoms with E-state index in [-0.39, 0.29) is 35.8 Å². The number of carbonyl (C=O) groups excluding carboxylic acids is 2. The van der Waals surface area contributed by atoms with E-state index in [1.165, 1.54) is 12.3 Å². The molecule has 0 saturated heterocycles. The first-order valence-corrected chi connectivity index (χ1v) is 9.80. The van der Waals surface area contributed by atoms with Crippen LogP contribution in [0.5, 0.6) is 0 Å². The van der Waals surface area contributed by atoms with Crippen molar-refractivity contribution in [2.45, 2.75) is 17.9 Å². The van der Waals surface area contributed by atoms with Gasteiger partial charge in [0.25, 0.3) is 0 Å². The number of halogens is 1. The molecule has 0 atom stereocenters. The second kappa shape index (κ2) is 9.55. The number of furan rings is 1. The highest BCUT2D eigenvalue weighted by atomic mass is 35.5. The average molecular weight is 432 g/mol. The Balaban J connectivity index is 2.24. The summed E-state index contributed by atoms with van der Waals surface area (Å²) in [6.45, 7) is -0.394. The fraction of sp³-hybridized carbons (Fsp3) is 0.250. The van der Waals surface area contributed by atoms with Crippen LogP contribution < -0.4 is 16.2 Å². The van der Waals surface area contributed by atoms with Crippen LogP contribution in [0.1, 0.15) is 22.5 Å². The Hall–Kier alpha value is -2.60. The molecule has 1 aromatic heterocycles. The lowest BCUT2D eigenvalue weighted by atomic mass is 10.1. The first kappa shape index (κ1) is 21.7. The van der Waals surface area contributed by atoms with E-state index in [1.54, 1.807) is 12.1 Å². The fourth-order valence-electron chi connectivity index (χ4n) is 2.10. The summed E-state index contributed by atoms with van der Waals surface area (Å²) in [5.74, 6) is -1.04. The first-order chi connectivity index (χ1) is 13.2. The third-order valence-electron chi connectivity index (χ3n) is 3.39. The molecular weight excluding hydrogens is 414 g/mol. The van der Waals surface area contributed by atoms with Gasteiger partial charge in [-0.25, -0.2) is 18.4 Å². The van der Waals surface area contributed by atoms with E-state index in [0.29, 0.717) is 5.76 Å². The van der Waals surface area contributed by atoms with Gasteiger partial charge in [-0.05, 0) is 24.3 Å². The minimum atomic E-state index is -4.19. The minimum absolute atomic E-state index is 0.0377. The van der Waals surface area contributed by atoms with Gasteiger partial charge in [0.05, 0.1) is 35.5 Å². The molecule has 0 amide bonds. The number of esters is 2. The lowest BCUT2D eigenvalue weighted by molar-refractivity contribution is -0.151. The van der Waals surface area contributed by atoms with E-state index >= 15 is 0 Å². The van der Waals surface area contributed by atoms with Gasteiger partial charge in [-0.15, -0.1) is 0 Å². The van der Waals surface area contributed by atoms with E-state index in [1.807, 2.05) is 0 Å². The Bertz CT molecular complexity index is 945. The third kappa shape index (κ3) is 5.96. The standard InChI is InChI=1S/C16H18ClN3O7S/c17-12-7-13(20-8-10-2-1-5-25-10)11(6-14(12)28(19,23)24)16(22)27-9-26-15(21)3-4-18/h1-2,5-7,20H,3-4,8-9,18H2,(H2,19,23,24). The van der Waals surface area contributed by atoms with Gasteiger partial charge >= 0.3 is 11.9 Å². The number of rotatable bonds is 9. The number of ether oxygens (including phenoxy) is 2. The predicted molar refractivity (Wildman–Crippen MR) is 98.9 cm³/mol. The zero-order valence-electron chi connectivity index (χ0n) is 14.5. The molecule has 10 nitrogen and oxygen atoms in total. The molecule has 2 aromatic rings. The summed E-state index contributed by atoms with van der Waals surface area (Å²) in [5.41, 5.74) is 5.21. The molecule has 2 rings (SSSR count). The maximum Gasteiger partial charge on any atom is 0.343 e. The molecule has 152 valence electrons. The van der Waals surface area contributed by atoms with E-state index in [9.17, 15) is 18.0 Å². The number of benzene rings is 1. The Morgan fingerprint density at radius 1 is 1.25 bits per heavy atom. The molecule has 0 aliphatic carbocycles. The molecule has 0 radical (unpaired) electrons. The van der Waals surface area contributed by atoms with E-state index in [2.05, 4.69) is 10.1 Å². The number of hydrogen-bond donors (Lipinski definition) is 3. The molecule has 0 unspecified atom stereocenters. The minimum Gasteiger partial charge on any atom is -0.467 e. The molecule has 0 fully saturated rings. The van der Waals surface area contributed by atoms with Crippen molar-refractivity contribution in [2.75, 3.05) is 18.7 Å². The summed E-state index contributed by atoms with van der Waals surface area (Å²) >= 11 is 5.98. The number of nitrogens with one attached hydrogen (secondary N) is 1. The summed E-state index contributed by atoms with van der Waals surface area (Å²) in [5, 5.41) is 7.83. The van der Waals surface area contributed by atoms with Crippen LogP contribution in [0.3, 0.4) is 0 Å². The number of carbonyl (C=O) groups is 2. The van der Waals surface area contributed by atoms with Crippen molar-refractivity contribution in [3.05, 3.63) is 46.9 Å². The van der Waals surface area contributed by atoms with Crippen molar-refractivity contribution in [3.8, 4) is 0 Å². The zero-order valence-corrected chi connectivity index (χ0v) is 16.1. The van der Waals surface area contributed by atoms with Crippen LogP contribution in [0.4, 0.5) is 5.69 Å². The lowest BCUT2D eigenvalue weighted by Crippen LogP contribution is -2.18. The fourth-order valence-corrected chi connectivity index (χ4v) is 3.20. The summed E-state index contributed by atoms with van der Waals surface area (Å²) < 4.78 is 38.1. The monoisotopic (exact) mass is 431 g/mol. The van der Waals surface area contributed by atoms with E-state index in [0.717, 1.165) is 6.07 Å². The van der Waals surface area contributed by atoms with Crippen molar-refractivity contribution in [1.29, 1.82) is 0 Å². The third-order valence-corrected chi connectivity index (χ3v) is 4.77. The van der Waals surface area contributed by atoms with Gasteiger partial charge < -0.3 is 24.9 Å². The second-order valence-corrected chi connectivity index (χ2v) is 7.35. The Kier molecular flexibility index (Phi) is 7.40. The quantitative estimate of drug-likeness (QED) is 0.390. The molecule has 5 N–H and O–H groups in total. The SMILES string of the molecule is NCCC(=O)OCOC(=O)c1cc(S(N)(=O)=O)c(Cl)cc1NCc1ccco1. The van der Waals surface area contributed by atoms with E-state index in [4.69, 9.17) is 31.6 Å². The largest absolute Gasteiger partial charge is 0.467 e. The molecule has 12 heteroatoms. The highest BCUT2D eigenvalue weighted by molar-refractivity contribution is 7.89. The molecule has 1 aromatic carbocycles. The molecule has 0 bridgehead atoms. The van der Waals surface area contributed by atoms with Gasteiger partial charge in [-0.1, -0.05) is 11.6 Å². The topological polar surface area (TPSA) is 164 Å². The van der Waals surface area contributed by atoms with Crippen LogP contribution in [-0.4, -0.2) is 33.7 Å². The Labute approximate surface area is 165 Å². The first-order valence-electron chi connectivity index (χ1n) is 7.87. The lowest BCUT2D eigenvalue weighted by Gasteiger charge is -2.14. The maximum atomic E-state index is 12.4. The van der Waals surface area contributed by atoms with Crippen molar-refractivity contribution in [3.63, 3.8) is 0 Å². The molecule has 0 saturated carbocycles. The van der Waals surface area contributed by atoms with Crippen molar-refractivity contribution >= 4 is 39.3 Å². The number of hydrogen-bond acceptors (Lipinski definition) is 9. The second-order valence-electron chi connectivity index (χ2n) is 5.41. The van der Waals surface area contributed by atoms with Crippen molar-refractivity contribution in [1.82, 2.24) is 0 Å². The number of anilines is 1. The van der Waals surface area contributed by atoms with Gasteiger partial charge in [-0.3, -0.25) is 4.79 Å². The van der Waals surface area contributed by atoms with Gasteiger partial charge in [0.1, 0.15) is 10.7 Å². The molecule has 0 aliphatic heterocycles. The number of sulfonamides is 1. The highest BCUT2D eigenvalue weighted by Crippen LogP contribution is 2.29. The van der Waals surface area contributed by atoms with Crippen LogP contribution >= 0.6 is 11.6 Å². The van der Waals surface area contributed by atoms with Crippen LogP contribution in [0.25, 0.3) is 0 Å². The summed E-state index contributed by atoms with van der Waals surface area (Å²) in [6.07, 6.45) is 1.43. The smallest absolute Gasteiger partial charge is 0.343 e. The van der Waals surface area contributed by atoms with Crippen LogP contribution in [-0.2, 0) is 30.8 Å². The van der Waals surface area contributed by atoms with Crippen LogP contribution in [0, 0.1) is 0 Å². The maximum absolute atomic E-state index is 12.4. The Morgan fingerprint density at radius 3 is 2.61 bits per heavy atom. The number of nitrogens with two attached hydrogens (primary N) is 2. The predicted octanol–water partition coefficient (Wildman–Crippen LogP) is 1.20. The van der Waals surface area contributed by atoms with Crippen molar-refractivity contribution in [2.24, 2.45) is 10.9 Å². The molecular formula is C16H18ClN3O7S. The molecule has 0 aliphatic rings. The highest BCUT2D eigenvalue weighted by Gasteiger charge is 2.22. The summed E-state index contributed by atoms with van der Waals surface area (Å²) in [7, 11) is -4.19. The molecule has 28 heavy (non-hydrogen) atoms. The van der Waals surface area contributed by atoms with E-state index < -0.39 is 33.7 Å². The molecule has 0 spiro atoms. The zero-order chi connectivity index (χ0) is 20.7. The van der Waals surface area contributed by atoms with Crippen molar-refractivity contribution < 1.29 is 31.9 Å². The Morgan fingerprint density at radius 2 is 2.00 bits per heavy atom. The van der Waals surface area contributed by atoms with Gasteiger partial charge in [0, 0.05) is 6.54 Å². The van der Waals surface area contributed by atoms with Gasteiger partial charge in [0.2, 0.25) is 16.8 Å². The van der Waals surface area contributed by atoms with Gasteiger partial charge in [0.15, 0.2) is 0 Å². The molecule has 1 heterocycles. The van der Waals surface area contributed by atoms with Crippen LogP contribution in [0.15, 0.2) is 39.8 Å². The van der Waals surface area contributed by atoms with Gasteiger partial charge in [-0.2, -0.15) is 0 Å². The normalized spacial score (nSPS) is 11.1. The number of primary sulfonamides is 1.